The second-order valence-corrected chi connectivity index (χ2v) is 9.86. The van der Waals surface area contributed by atoms with Crippen LogP contribution in [0.2, 0.25) is 0 Å². The Hall–Kier alpha value is -1.64. The van der Waals surface area contributed by atoms with Crippen molar-refractivity contribution in [2.75, 3.05) is 13.1 Å². The number of piperidine rings is 1. The number of likely N-dealkylation sites (tertiary alicyclic amines) is 1. The lowest BCUT2D eigenvalue weighted by Gasteiger charge is -2.38. The molecular formula is C28H39NO. The maximum atomic E-state index is 10.8. The van der Waals surface area contributed by atoms with Crippen LogP contribution in [0.4, 0.5) is 0 Å². The van der Waals surface area contributed by atoms with Crippen molar-refractivity contribution in [3.63, 3.8) is 0 Å². The maximum absolute atomic E-state index is 10.8. The average Bonchev–Trinajstić information content (AvgIpc) is 2.80. The minimum Gasteiger partial charge on any atom is -0.387 e. The molecule has 30 heavy (non-hydrogen) atoms. The fourth-order valence-corrected chi connectivity index (χ4v) is 5.55. The molecule has 0 bridgehead atoms. The first-order valence-electron chi connectivity index (χ1n) is 12.2. The maximum Gasteiger partial charge on any atom is 0.0942 e. The van der Waals surface area contributed by atoms with Gasteiger partial charge in [-0.05, 0) is 87.6 Å². The number of aryl methyl sites for hydroxylation is 1. The molecule has 0 amide bonds. The molecule has 1 N–H and O–H groups in total. The zero-order valence-corrected chi connectivity index (χ0v) is 18.9. The van der Waals surface area contributed by atoms with E-state index in [2.05, 4.69) is 67.3 Å². The van der Waals surface area contributed by atoms with Crippen molar-refractivity contribution in [1.29, 1.82) is 0 Å². The molecule has 2 aromatic carbocycles. The molecule has 2 nitrogen and oxygen atoms in total. The third-order valence-corrected chi connectivity index (χ3v) is 7.65. The van der Waals surface area contributed by atoms with Crippen LogP contribution in [0.1, 0.15) is 86.1 Å². The van der Waals surface area contributed by atoms with Crippen LogP contribution in [-0.4, -0.2) is 29.1 Å². The number of hydrogen-bond acceptors (Lipinski definition) is 2. The Balaban J connectivity index is 1.30. The molecular weight excluding hydrogens is 366 g/mol. The summed E-state index contributed by atoms with van der Waals surface area (Å²) in [6.45, 7) is 6.46. The van der Waals surface area contributed by atoms with Crippen LogP contribution < -0.4 is 0 Å². The molecule has 2 heteroatoms. The summed E-state index contributed by atoms with van der Waals surface area (Å²) in [7, 11) is 0. The molecule has 1 heterocycles. The van der Waals surface area contributed by atoms with Gasteiger partial charge in [-0.2, -0.15) is 0 Å². The molecule has 1 aliphatic heterocycles. The van der Waals surface area contributed by atoms with Gasteiger partial charge in [0.1, 0.15) is 0 Å². The van der Waals surface area contributed by atoms with E-state index in [1.54, 1.807) is 5.56 Å². The van der Waals surface area contributed by atoms with Gasteiger partial charge in [0.15, 0.2) is 0 Å². The molecule has 4 rings (SSSR count). The largest absolute Gasteiger partial charge is 0.387 e. The molecule has 1 aliphatic carbocycles. The zero-order chi connectivity index (χ0) is 20.9. The average molecular weight is 406 g/mol. The van der Waals surface area contributed by atoms with Gasteiger partial charge < -0.3 is 5.11 Å². The van der Waals surface area contributed by atoms with Gasteiger partial charge in [0.25, 0.3) is 0 Å². The molecule has 0 aromatic heterocycles. The fraction of sp³-hybridized carbons (Fsp3) is 0.571. The Labute approximate surface area is 183 Å². The fourth-order valence-electron chi connectivity index (χ4n) is 5.55. The molecule has 2 aliphatic rings. The topological polar surface area (TPSA) is 23.5 Å². The zero-order valence-electron chi connectivity index (χ0n) is 18.9. The van der Waals surface area contributed by atoms with Gasteiger partial charge in [0, 0.05) is 6.04 Å². The standard InChI is InChI=1S/C28H39NO/c1-21-11-13-26(14-12-21)28(30)22(2)29-17-15-23(16-18-29)19-24-7-6-10-27(20-24)25-8-4-3-5-9-25/h6-7,10-14,20,22-23,25,28,30H,3-5,8-9,15-19H2,1-2H3. The predicted octanol–water partition coefficient (Wildman–Crippen LogP) is 6.42. The third kappa shape index (κ3) is 5.34. The Kier molecular flexibility index (Phi) is 7.28. The third-order valence-electron chi connectivity index (χ3n) is 7.65. The minimum absolute atomic E-state index is 0.170. The van der Waals surface area contributed by atoms with Gasteiger partial charge in [0.05, 0.1) is 6.10 Å². The quantitative estimate of drug-likeness (QED) is 0.599. The highest BCUT2D eigenvalue weighted by atomic mass is 16.3. The lowest BCUT2D eigenvalue weighted by molar-refractivity contribution is 0.0373. The van der Waals surface area contributed by atoms with Crippen LogP contribution in [0, 0.1) is 12.8 Å². The molecule has 2 fully saturated rings. The Morgan fingerprint density at radius 1 is 0.933 bits per heavy atom. The van der Waals surface area contributed by atoms with Crippen LogP contribution in [0.25, 0.3) is 0 Å². The first-order valence-corrected chi connectivity index (χ1v) is 12.2. The van der Waals surface area contributed by atoms with Gasteiger partial charge in [0.2, 0.25) is 0 Å². The number of hydrogen-bond donors (Lipinski definition) is 1. The van der Waals surface area contributed by atoms with Crippen molar-refractivity contribution in [3.8, 4) is 0 Å². The summed E-state index contributed by atoms with van der Waals surface area (Å²) < 4.78 is 0. The number of rotatable bonds is 6. The number of aliphatic hydroxyl groups excluding tert-OH is 1. The van der Waals surface area contributed by atoms with Crippen molar-refractivity contribution in [2.45, 2.75) is 83.3 Å². The van der Waals surface area contributed by atoms with Gasteiger partial charge in [-0.25, -0.2) is 0 Å². The van der Waals surface area contributed by atoms with E-state index in [9.17, 15) is 5.11 Å². The molecule has 1 saturated carbocycles. The van der Waals surface area contributed by atoms with Gasteiger partial charge in [-0.3, -0.25) is 4.90 Å². The van der Waals surface area contributed by atoms with E-state index < -0.39 is 6.10 Å². The number of aliphatic hydroxyl groups is 1. The van der Waals surface area contributed by atoms with Crippen molar-refractivity contribution in [1.82, 2.24) is 4.90 Å². The first kappa shape index (κ1) is 21.6. The Morgan fingerprint density at radius 2 is 1.63 bits per heavy atom. The minimum atomic E-state index is -0.408. The molecule has 1 saturated heterocycles. The SMILES string of the molecule is Cc1ccc(C(O)C(C)N2CCC(Cc3cccc(C4CCCCC4)c3)CC2)cc1. The summed E-state index contributed by atoms with van der Waals surface area (Å²) in [5.74, 6) is 1.57. The Bertz CT molecular complexity index is 785. The molecule has 0 spiro atoms. The van der Waals surface area contributed by atoms with E-state index in [1.807, 2.05) is 0 Å². The number of nitrogens with zero attached hydrogens (tertiary/aromatic N) is 1. The highest BCUT2D eigenvalue weighted by molar-refractivity contribution is 5.27. The highest BCUT2D eigenvalue weighted by Crippen LogP contribution is 2.34. The molecule has 162 valence electrons. The van der Waals surface area contributed by atoms with Gasteiger partial charge in [-0.1, -0.05) is 73.4 Å². The summed E-state index contributed by atoms with van der Waals surface area (Å²) in [6.07, 6.45) is 10.3. The molecule has 2 aromatic rings. The highest BCUT2D eigenvalue weighted by Gasteiger charge is 2.27. The van der Waals surface area contributed by atoms with Crippen molar-refractivity contribution in [2.24, 2.45) is 5.92 Å². The smallest absolute Gasteiger partial charge is 0.0942 e. The van der Waals surface area contributed by atoms with Crippen LogP contribution in [-0.2, 0) is 6.42 Å². The van der Waals surface area contributed by atoms with Crippen molar-refractivity contribution in [3.05, 3.63) is 70.8 Å². The monoisotopic (exact) mass is 405 g/mol. The van der Waals surface area contributed by atoms with E-state index in [4.69, 9.17) is 0 Å². The lowest BCUT2D eigenvalue weighted by atomic mass is 9.82. The molecule has 2 atom stereocenters. The second kappa shape index (κ2) is 10.1. The van der Waals surface area contributed by atoms with E-state index in [-0.39, 0.29) is 6.04 Å². The summed E-state index contributed by atoms with van der Waals surface area (Å²) >= 11 is 0. The summed E-state index contributed by atoms with van der Waals surface area (Å²) in [6, 6.07) is 18.0. The lowest BCUT2D eigenvalue weighted by Crippen LogP contribution is -2.43. The van der Waals surface area contributed by atoms with Crippen LogP contribution >= 0.6 is 0 Å². The predicted molar refractivity (Wildman–Crippen MR) is 126 cm³/mol. The summed E-state index contributed by atoms with van der Waals surface area (Å²) in [5.41, 5.74) is 5.39. The number of benzene rings is 2. The van der Waals surface area contributed by atoms with E-state index in [1.165, 1.54) is 62.5 Å². The summed E-state index contributed by atoms with van der Waals surface area (Å²) in [4.78, 5) is 2.49. The molecule has 2 unspecified atom stereocenters. The van der Waals surface area contributed by atoms with E-state index >= 15 is 0 Å². The van der Waals surface area contributed by atoms with Gasteiger partial charge >= 0.3 is 0 Å². The van der Waals surface area contributed by atoms with Crippen LogP contribution in [0.3, 0.4) is 0 Å². The van der Waals surface area contributed by atoms with E-state index in [0.717, 1.165) is 30.5 Å². The van der Waals surface area contributed by atoms with Crippen LogP contribution in [0.5, 0.6) is 0 Å². The first-order chi connectivity index (χ1) is 14.6. The van der Waals surface area contributed by atoms with Crippen molar-refractivity contribution < 1.29 is 5.11 Å². The molecule has 0 radical (unpaired) electrons. The van der Waals surface area contributed by atoms with E-state index in [0.29, 0.717) is 0 Å². The second-order valence-electron chi connectivity index (χ2n) is 9.86. The summed E-state index contributed by atoms with van der Waals surface area (Å²) in [5, 5.41) is 10.8. The Morgan fingerprint density at radius 3 is 2.33 bits per heavy atom. The normalized spacial score (nSPS) is 21.4. The van der Waals surface area contributed by atoms with Crippen molar-refractivity contribution >= 4 is 0 Å². The van der Waals surface area contributed by atoms with Gasteiger partial charge in [-0.15, -0.1) is 0 Å². The van der Waals surface area contributed by atoms with Crippen LogP contribution in [0.15, 0.2) is 48.5 Å².